The Morgan fingerprint density at radius 1 is 1.25 bits per heavy atom. The van der Waals surface area contributed by atoms with E-state index >= 15 is 0 Å². The minimum absolute atomic E-state index is 0.475. The molecule has 1 fully saturated rings. The number of nitrogens with zero attached hydrogens (tertiary/aromatic N) is 3. The summed E-state index contributed by atoms with van der Waals surface area (Å²) in [5.74, 6) is 0.862. The van der Waals surface area contributed by atoms with Crippen LogP contribution < -0.4 is 5.73 Å². The summed E-state index contributed by atoms with van der Waals surface area (Å²) < 4.78 is 2.19. The van der Waals surface area contributed by atoms with E-state index in [0.717, 1.165) is 35.4 Å². The van der Waals surface area contributed by atoms with Crippen molar-refractivity contribution in [3.63, 3.8) is 0 Å². The first-order valence-corrected chi connectivity index (χ1v) is 7.00. The lowest BCUT2D eigenvalue weighted by atomic mass is 10.1. The molecule has 2 N–H and O–H groups in total. The number of anilines is 1. The van der Waals surface area contributed by atoms with E-state index in [0.29, 0.717) is 16.8 Å². The summed E-state index contributed by atoms with van der Waals surface area (Å²) in [6.45, 7) is 0. The van der Waals surface area contributed by atoms with Crippen molar-refractivity contribution in [2.75, 3.05) is 5.73 Å². The summed E-state index contributed by atoms with van der Waals surface area (Å²) in [5, 5.41) is 0.663. The van der Waals surface area contributed by atoms with Gasteiger partial charge in [-0.15, -0.1) is 0 Å². The summed E-state index contributed by atoms with van der Waals surface area (Å²) in [7, 11) is 0. The number of imidazole rings is 1. The van der Waals surface area contributed by atoms with Crippen LogP contribution in [0.1, 0.15) is 18.9 Å². The third-order valence-corrected chi connectivity index (χ3v) is 3.85. The van der Waals surface area contributed by atoms with E-state index in [-0.39, 0.29) is 0 Å². The summed E-state index contributed by atoms with van der Waals surface area (Å²) in [5.41, 5.74) is 9.48. The third-order valence-electron chi connectivity index (χ3n) is 3.62. The number of fused-ring (bicyclic) bond motifs is 1. The first-order chi connectivity index (χ1) is 9.74. The maximum atomic E-state index is 6.10. The second-order valence-electron chi connectivity index (χ2n) is 5.11. The van der Waals surface area contributed by atoms with Crippen molar-refractivity contribution in [1.82, 2.24) is 14.5 Å². The number of hydrogen-bond donors (Lipinski definition) is 1. The molecule has 1 saturated carbocycles. The second-order valence-corrected chi connectivity index (χ2v) is 5.55. The Bertz CT molecular complexity index is 805. The molecule has 20 heavy (non-hydrogen) atoms. The van der Waals surface area contributed by atoms with E-state index in [1.165, 1.54) is 0 Å². The Labute approximate surface area is 121 Å². The Morgan fingerprint density at radius 2 is 2.10 bits per heavy atom. The molecule has 0 radical (unpaired) electrons. The minimum atomic E-state index is 0.475. The van der Waals surface area contributed by atoms with Gasteiger partial charge < -0.3 is 10.3 Å². The van der Waals surface area contributed by atoms with Crippen molar-refractivity contribution < 1.29 is 0 Å². The van der Waals surface area contributed by atoms with Gasteiger partial charge in [-0.3, -0.25) is 0 Å². The molecule has 0 saturated heterocycles. The van der Waals surface area contributed by atoms with Crippen LogP contribution in [-0.2, 0) is 0 Å². The fraction of sp³-hybridized carbons (Fsp3) is 0.200. The number of nitrogens with two attached hydrogens (primary N) is 1. The lowest BCUT2D eigenvalue weighted by molar-refractivity contribution is 0.767. The maximum absolute atomic E-state index is 6.10. The molecule has 4 nitrogen and oxygen atoms in total. The predicted octanol–water partition coefficient (Wildman–Crippen LogP) is 3.67. The highest BCUT2D eigenvalue weighted by atomic mass is 35.5. The molecule has 3 aromatic rings. The quantitative estimate of drug-likeness (QED) is 0.731. The molecule has 1 aliphatic rings. The van der Waals surface area contributed by atoms with Crippen LogP contribution in [0, 0.1) is 0 Å². The molecule has 5 heteroatoms. The van der Waals surface area contributed by atoms with Crippen LogP contribution in [0.25, 0.3) is 22.6 Å². The van der Waals surface area contributed by atoms with Gasteiger partial charge in [0.05, 0.1) is 0 Å². The Balaban J connectivity index is 2.03. The second kappa shape index (κ2) is 4.21. The fourth-order valence-electron chi connectivity index (χ4n) is 2.52. The Morgan fingerprint density at radius 3 is 2.90 bits per heavy atom. The molecule has 0 amide bonds. The van der Waals surface area contributed by atoms with Crippen LogP contribution in [0.2, 0.25) is 5.02 Å². The minimum Gasteiger partial charge on any atom is -0.398 e. The lowest BCUT2D eigenvalue weighted by Crippen LogP contribution is -2.00. The third kappa shape index (κ3) is 1.76. The molecule has 1 aromatic carbocycles. The van der Waals surface area contributed by atoms with Gasteiger partial charge in [-0.05, 0) is 43.2 Å². The first-order valence-electron chi connectivity index (χ1n) is 6.62. The van der Waals surface area contributed by atoms with E-state index in [4.69, 9.17) is 22.3 Å². The number of rotatable bonds is 2. The molecular formula is C15H13ClN4. The van der Waals surface area contributed by atoms with Crippen LogP contribution >= 0.6 is 11.6 Å². The van der Waals surface area contributed by atoms with Crippen LogP contribution in [0.5, 0.6) is 0 Å². The number of pyridine rings is 1. The molecule has 2 heterocycles. The monoisotopic (exact) mass is 284 g/mol. The van der Waals surface area contributed by atoms with Gasteiger partial charge in [-0.2, -0.15) is 0 Å². The molecule has 0 bridgehead atoms. The number of benzene rings is 1. The van der Waals surface area contributed by atoms with Gasteiger partial charge in [0, 0.05) is 28.5 Å². The van der Waals surface area contributed by atoms with Crippen molar-refractivity contribution in [2.45, 2.75) is 18.9 Å². The normalized spacial score (nSPS) is 14.8. The molecule has 100 valence electrons. The number of aromatic nitrogens is 3. The zero-order valence-corrected chi connectivity index (χ0v) is 11.5. The summed E-state index contributed by atoms with van der Waals surface area (Å²) in [6.07, 6.45) is 4.12. The molecule has 2 aromatic heterocycles. The van der Waals surface area contributed by atoms with Gasteiger partial charge in [0.15, 0.2) is 5.65 Å². The molecule has 1 aliphatic carbocycles. The molecule has 0 aliphatic heterocycles. The zero-order valence-electron chi connectivity index (χ0n) is 10.8. The van der Waals surface area contributed by atoms with Crippen molar-refractivity contribution in [3.8, 4) is 11.4 Å². The zero-order chi connectivity index (χ0) is 13.7. The van der Waals surface area contributed by atoms with Gasteiger partial charge >= 0.3 is 0 Å². The highest BCUT2D eigenvalue weighted by molar-refractivity contribution is 6.31. The SMILES string of the molecule is Nc1ccc(Cl)cc1-c1nc2cccnc2n1C1CC1. The maximum Gasteiger partial charge on any atom is 0.160 e. The molecule has 4 rings (SSSR count). The first kappa shape index (κ1) is 11.7. The average Bonchev–Trinajstić information content (AvgIpc) is 3.21. The Kier molecular flexibility index (Phi) is 2.47. The smallest absolute Gasteiger partial charge is 0.160 e. The van der Waals surface area contributed by atoms with Crippen molar-refractivity contribution in [2.24, 2.45) is 0 Å². The highest BCUT2D eigenvalue weighted by Crippen LogP contribution is 2.42. The molecule has 0 spiro atoms. The van der Waals surface area contributed by atoms with Gasteiger partial charge in [-0.1, -0.05) is 11.6 Å². The van der Waals surface area contributed by atoms with E-state index in [1.807, 2.05) is 24.3 Å². The largest absolute Gasteiger partial charge is 0.398 e. The van der Waals surface area contributed by atoms with Gasteiger partial charge in [0.2, 0.25) is 0 Å². The average molecular weight is 285 g/mol. The lowest BCUT2D eigenvalue weighted by Gasteiger charge is -2.09. The number of hydrogen-bond acceptors (Lipinski definition) is 3. The van der Waals surface area contributed by atoms with Crippen molar-refractivity contribution in [1.29, 1.82) is 0 Å². The molecular weight excluding hydrogens is 272 g/mol. The van der Waals surface area contributed by atoms with Gasteiger partial charge in [0.1, 0.15) is 11.3 Å². The van der Waals surface area contributed by atoms with Crippen LogP contribution in [-0.4, -0.2) is 14.5 Å². The van der Waals surface area contributed by atoms with E-state index in [2.05, 4.69) is 9.55 Å². The van der Waals surface area contributed by atoms with E-state index in [9.17, 15) is 0 Å². The van der Waals surface area contributed by atoms with Gasteiger partial charge in [0.25, 0.3) is 0 Å². The van der Waals surface area contributed by atoms with Crippen LogP contribution in [0.3, 0.4) is 0 Å². The summed E-state index contributed by atoms with van der Waals surface area (Å²) in [6, 6.07) is 9.84. The predicted molar refractivity (Wildman–Crippen MR) is 80.7 cm³/mol. The van der Waals surface area contributed by atoms with Crippen molar-refractivity contribution in [3.05, 3.63) is 41.6 Å². The Hall–Kier alpha value is -2.07. The molecule has 0 atom stereocenters. The summed E-state index contributed by atoms with van der Waals surface area (Å²) in [4.78, 5) is 9.18. The van der Waals surface area contributed by atoms with Gasteiger partial charge in [-0.25, -0.2) is 9.97 Å². The number of nitrogen functional groups attached to an aromatic ring is 1. The van der Waals surface area contributed by atoms with Crippen LogP contribution in [0.4, 0.5) is 5.69 Å². The summed E-state index contributed by atoms with van der Waals surface area (Å²) >= 11 is 6.10. The topological polar surface area (TPSA) is 56.7 Å². The van der Waals surface area contributed by atoms with Crippen LogP contribution in [0.15, 0.2) is 36.5 Å². The number of halogens is 1. The van der Waals surface area contributed by atoms with Crippen molar-refractivity contribution >= 4 is 28.5 Å². The van der Waals surface area contributed by atoms with E-state index < -0.39 is 0 Å². The molecule has 0 unspecified atom stereocenters. The fourth-order valence-corrected chi connectivity index (χ4v) is 2.69. The highest BCUT2D eigenvalue weighted by Gasteiger charge is 2.29. The standard InChI is InChI=1S/C15H13ClN4/c16-9-3-6-12(17)11(8-9)14-19-13-2-1-7-18-15(13)20(14)10-4-5-10/h1-3,6-8,10H,4-5,17H2. The van der Waals surface area contributed by atoms with E-state index in [1.54, 1.807) is 12.3 Å².